The lowest BCUT2D eigenvalue weighted by Gasteiger charge is -2.05. The van der Waals surface area contributed by atoms with Crippen molar-refractivity contribution in [3.05, 3.63) is 71.7 Å². The van der Waals surface area contributed by atoms with Gasteiger partial charge in [0, 0.05) is 29.1 Å². The van der Waals surface area contributed by atoms with Crippen molar-refractivity contribution in [1.29, 1.82) is 0 Å². The molecule has 0 saturated heterocycles. The zero-order chi connectivity index (χ0) is 19.5. The number of thioether (sulfide) groups is 1. The highest BCUT2D eigenvalue weighted by molar-refractivity contribution is 7.99. The highest BCUT2D eigenvalue weighted by Gasteiger charge is 2.16. The second-order valence-corrected chi connectivity index (χ2v) is 7.20. The molecule has 0 fully saturated rings. The Labute approximate surface area is 165 Å². The third-order valence-electron chi connectivity index (χ3n) is 4.48. The fraction of sp³-hybridized carbons (Fsp3) is 0.150. The summed E-state index contributed by atoms with van der Waals surface area (Å²) >= 11 is 1.28. The first kappa shape index (κ1) is 18.1. The second kappa shape index (κ2) is 7.77. The lowest BCUT2D eigenvalue weighted by Crippen LogP contribution is -2.15. The molecule has 2 heterocycles. The molecule has 2 aromatic carbocycles. The number of nitrogen functional groups attached to an aromatic ring is 1. The Bertz CT molecular complexity index is 1120. The molecule has 2 aromatic heterocycles. The van der Waals surface area contributed by atoms with E-state index in [4.69, 9.17) is 10.6 Å². The van der Waals surface area contributed by atoms with Crippen LogP contribution in [0, 0.1) is 0 Å². The molecule has 0 radical (unpaired) electrons. The van der Waals surface area contributed by atoms with E-state index in [1.807, 2.05) is 48.5 Å². The average molecular weight is 393 g/mol. The van der Waals surface area contributed by atoms with Crippen LogP contribution in [0.25, 0.3) is 10.9 Å². The molecule has 0 saturated carbocycles. The molecule has 0 atom stereocenters. The maximum absolute atomic E-state index is 12.6. The van der Waals surface area contributed by atoms with Crippen molar-refractivity contribution >= 4 is 28.4 Å². The number of methoxy groups -OCH3 is 1. The van der Waals surface area contributed by atoms with Crippen molar-refractivity contribution in [3.63, 3.8) is 0 Å². The first-order valence-electron chi connectivity index (χ1n) is 8.70. The highest BCUT2D eigenvalue weighted by atomic mass is 32.2. The number of hydrogen-bond acceptors (Lipinski definition) is 6. The summed E-state index contributed by atoms with van der Waals surface area (Å²) in [6.45, 7) is 0. The SMILES string of the molecule is COc1ccc(Cc2nnc(SCC(=O)c3c[nH]c4ccccc34)n2N)cc1. The summed E-state index contributed by atoms with van der Waals surface area (Å²) < 4.78 is 6.61. The summed E-state index contributed by atoms with van der Waals surface area (Å²) in [5.41, 5.74) is 2.66. The molecule has 0 unspecified atom stereocenters. The predicted molar refractivity (Wildman–Crippen MR) is 109 cm³/mol. The van der Waals surface area contributed by atoms with E-state index in [0.717, 1.165) is 22.2 Å². The minimum absolute atomic E-state index is 0.0159. The monoisotopic (exact) mass is 393 g/mol. The van der Waals surface area contributed by atoms with E-state index >= 15 is 0 Å². The molecule has 4 aromatic rings. The Hall–Kier alpha value is -3.26. The van der Waals surface area contributed by atoms with Crippen LogP contribution in [-0.4, -0.2) is 38.5 Å². The minimum Gasteiger partial charge on any atom is -0.497 e. The molecule has 0 amide bonds. The second-order valence-electron chi connectivity index (χ2n) is 6.25. The topological polar surface area (TPSA) is 98.8 Å². The summed E-state index contributed by atoms with van der Waals surface area (Å²) in [6.07, 6.45) is 2.29. The van der Waals surface area contributed by atoms with E-state index in [9.17, 15) is 4.79 Å². The van der Waals surface area contributed by atoms with Crippen LogP contribution < -0.4 is 10.6 Å². The molecule has 3 N–H and O–H groups in total. The number of nitrogens with zero attached hydrogens (tertiary/aromatic N) is 3. The van der Waals surface area contributed by atoms with Crippen molar-refractivity contribution in [3.8, 4) is 5.75 Å². The van der Waals surface area contributed by atoms with Gasteiger partial charge in [-0.2, -0.15) is 0 Å². The zero-order valence-corrected chi connectivity index (χ0v) is 16.1. The lowest BCUT2D eigenvalue weighted by atomic mass is 10.1. The minimum atomic E-state index is 0.0159. The standard InChI is InChI=1S/C20H19N5O2S/c1-27-14-8-6-13(7-9-14)10-19-23-24-20(25(19)21)28-12-18(26)16-11-22-17-5-3-2-4-15(16)17/h2-9,11,22H,10,12,21H2,1H3. The van der Waals surface area contributed by atoms with Gasteiger partial charge in [0.2, 0.25) is 5.16 Å². The van der Waals surface area contributed by atoms with Crippen LogP contribution in [-0.2, 0) is 6.42 Å². The summed E-state index contributed by atoms with van der Waals surface area (Å²) in [5, 5.41) is 9.72. The zero-order valence-electron chi connectivity index (χ0n) is 15.3. The first-order valence-corrected chi connectivity index (χ1v) is 9.68. The van der Waals surface area contributed by atoms with Crippen LogP contribution in [0.15, 0.2) is 59.9 Å². The molecule has 28 heavy (non-hydrogen) atoms. The summed E-state index contributed by atoms with van der Waals surface area (Å²) in [4.78, 5) is 15.7. The number of ketones is 1. The van der Waals surface area contributed by atoms with Crippen molar-refractivity contribution in [2.75, 3.05) is 18.7 Å². The Kier molecular flexibility index (Phi) is 5.03. The van der Waals surface area contributed by atoms with Gasteiger partial charge >= 0.3 is 0 Å². The van der Waals surface area contributed by atoms with Gasteiger partial charge in [0.05, 0.1) is 12.9 Å². The van der Waals surface area contributed by atoms with E-state index in [1.165, 1.54) is 16.4 Å². The number of fused-ring (bicyclic) bond motifs is 1. The number of carbonyl (C=O) groups excluding carboxylic acids is 1. The van der Waals surface area contributed by atoms with E-state index < -0.39 is 0 Å². The number of Topliss-reactive ketones (excluding diaryl/α,β-unsaturated/α-hetero) is 1. The number of rotatable bonds is 7. The molecule has 0 spiro atoms. The molecule has 0 aliphatic heterocycles. The number of nitrogens with one attached hydrogen (secondary N) is 1. The lowest BCUT2D eigenvalue weighted by molar-refractivity contribution is 0.102. The molecular weight excluding hydrogens is 374 g/mol. The fourth-order valence-corrected chi connectivity index (χ4v) is 3.72. The quantitative estimate of drug-likeness (QED) is 0.284. The van der Waals surface area contributed by atoms with Gasteiger partial charge in [0.25, 0.3) is 0 Å². The van der Waals surface area contributed by atoms with Crippen LogP contribution in [0.5, 0.6) is 5.75 Å². The van der Waals surface area contributed by atoms with Gasteiger partial charge in [-0.1, -0.05) is 42.1 Å². The van der Waals surface area contributed by atoms with Crippen molar-refractivity contribution in [2.24, 2.45) is 0 Å². The normalized spacial score (nSPS) is 11.0. The number of nitrogens with two attached hydrogens (primary N) is 1. The molecule has 4 rings (SSSR count). The summed E-state index contributed by atoms with van der Waals surface area (Å²) in [6, 6.07) is 15.4. The van der Waals surface area contributed by atoms with Crippen LogP contribution in [0.2, 0.25) is 0 Å². The maximum atomic E-state index is 12.6. The van der Waals surface area contributed by atoms with Crippen LogP contribution in [0.3, 0.4) is 0 Å². The fourth-order valence-electron chi connectivity index (χ4n) is 2.96. The smallest absolute Gasteiger partial charge is 0.210 e. The maximum Gasteiger partial charge on any atom is 0.210 e. The van der Waals surface area contributed by atoms with E-state index in [0.29, 0.717) is 23.0 Å². The van der Waals surface area contributed by atoms with Crippen LogP contribution >= 0.6 is 11.8 Å². The molecule has 8 heteroatoms. The molecule has 0 aliphatic rings. The Morgan fingerprint density at radius 1 is 1.18 bits per heavy atom. The third kappa shape index (κ3) is 3.59. The number of H-pyrrole nitrogens is 1. The van der Waals surface area contributed by atoms with E-state index in [1.54, 1.807) is 13.3 Å². The van der Waals surface area contributed by atoms with Gasteiger partial charge in [-0.15, -0.1) is 10.2 Å². The Morgan fingerprint density at radius 2 is 1.96 bits per heavy atom. The molecule has 0 bridgehead atoms. The van der Waals surface area contributed by atoms with E-state index in [2.05, 4.69) is 15.2 Å². The van der Waals surface area contributed by atoms with Gasteiger partial charge in [0.1, 0.15) is 5.75 Å². The van der Waals surface area contributed by atoms with Crippen LogP contribution in [0.4, 0.5) is 0 Å². The average Bonchev–Trinajstić information content (AvgIpc) is 3.31. The number of benzene rings is 2. The number of para-hydroxylation sites is 1. The Balaban J connectivity index is 1.43. The first-order chi connectivity index (χ1) is 13.7. The predicted octanol–water partition coefficient (Wildman–Crippen LogP) is 3.05. The highest BCUT2D eigenvalue weighted by Crippen LogP contribution is 2.22. The number of aromatic amines is 1. The van der Waals surface area contributed by atoms with E-state index in [-0.39, 0.29) is 11.5 Å². The molecule has 7 nitrogen and oxygen atoms in total. The summed E-state index contributed by atoms with van der Waals surface area (Å²) in [5.74, 6) is 7.81. The van der Waals surface area contributed by atoms with Gasteiger partial charge < -0.3 is 15.6 Å². The van der Waals surface area contributed by atoms with Crippen molar-refractivity contribution < 1.29 is 9.53 Å². The van der Waals surface area contributed by atoms with Crippen molar-refractivity contribution in [1.82, 2.24) is 19.9 Å². The summed E-state index contributed by atoms with van der Waals surface area (Å²) in [7, 11) is 1.63. The van der Waals surface area contributed by atoms with Gasteiger partial charge in [-0.05, 0) is 23.8 Å². The van der Waals surface area contributed by atoms with Gasteiger partial charge in [0.15, 0.2) is 11.6 Å². The molecule has 142 valence electrons. The van der Waals surface area contributed by atoms with Crippen molar-refractivity contribution in [2.45, 2.75) is 11.6 Å². The number of aromatic nitrogens is 4. The largest absolute Gasteiger partial charge is 0.497 e. The third-order valence-corrected chi connectivity index (χ3v) is 5.42. The Morgan fingerprint density at radius 3 is 2.75 bits per heavy atom. The molecule has 0 aliphatic carbocycles. The van der Waals surface area contributed by atoms with Crippen LogP contribution in [0.1, 0.15) is 21.7 Å². The van der Waals surface area contributed by atoms with Gasteiger partial charge in [-0.3, -0.25) is 4.79 Å². The number of ether oxygens (including phenoxy) is 1. The molecular formula is C20H19N5O2S. The number of hydrogen-bond donors (Lipinski definition) is 2. The number of carbonyl (C=O) groups is 1. The van der Waals surface area contributed by atoms with Gasteiger partial charge in [-0.25, -0.2) is 4.68 Å².